The van der Waals surface area contributed by atoms with Crippen LogP contribution in [0.25, 0.3) is 0 Å². The second kappa shape index (κ2) is 7.01. The third kappa shape index (κ3) is 3.68. The van der Waals surface area contributed by atoms with Crippen molar-refractivity contribution in [2.24, 2.45) is 5.92 Å². The third-order valence-corrected chi connectivity index (χ3v) is 4.34. The summed E-state index contributed by atoms with van der Waals surface area (Å²) in [6.45, 7) is 2.31. The highest BCUT2D eigenvalue weighted by molar-refractivity contribution is 6.03. The SMILES string of the molecule is CCc1ccc(N2CC(C(=O)Nc3ccc(F)c(F)c3)CC2=O)cc1. The molecule has 2 amide bonds. The molecule has 130 valence electrons. The van der Waals surface area contributed by atoms with Gasteiger partial charge in [0.15, 0.2) is 11.6 Å². The summed E-state index contributed by atoms with van der Waals surface area (Å²) in [6.07, 6.45) is 0.999. The lowest BCUT2D eigenvalue weighted by Gasteiger charge is -2.17. The van der Waals surface area contributed by atoms with Crippen LogP contribution in [0.2, 0.25) is 0 Å². The van der Waals surface area contributed by atoms with Gasteiger partial charge in [0.25, 0.3) is 0 Å². The highest BCUT2D eigenvalue weighted by Gasteiger charge is 2.35. The summed E-state index contributed by atoms with van der Waals surface area (Å²) in [7, 11) is 0. The summed E-state index contributed by atoms with van der Waals surface area (Å²) >= 11 is 0. The van der Waals surface area contributed by atoms with E-state index in [0.717, 1.165) is 24.2 Å². The minimum Gasteiger partial charge on any atom is -0.326 e. The molecule has 1 aliphatic rings. The molecular weight excluding hydrogens is 326 g/mol. The molecule has 1 aliphatic heterocycles. The van der Waals surface area contributed by atoms with Gasteiger partial charge >= 0.3 is 0 Å². The van der Waals surface area contributed by atoms with Crippen LogP contribution in [0.4, 0.5) is 20.2 Å². The van der Waals surface area contributed by atoms with Gasteiger partial charge in [-0.2, -0.15) is 0 Å². The van der Waals surface area contributed by atoms with Crippen LogP contribution in [0.1, 0.15) is 18.9 Å². The highest BCUT2D eigenvalue weighted by atomic mass is 19.2. The van der Waals surface area contributed by atoms with Crippen molar-refractivity contribution in [3.05, 3.63) is 59.7 Å². The van der Waals surface area contributed by atoms with E-state index in [-0.39, 0.29) is 30.5 Å². The molecule has 0 aliphatic carbocycles. The maximum atomic E-state index is 13.2. The molecule has 1 N–H and O–H groups in total. The standard InChI is InChI=1S/C19H18F2N2O2/c1-2-12-3-6-15(7-4-12)23-11-13(9-18(23)24)19(25)22-14-5-8-16(20)17(21)10-14/h3-8,10,13H,2,9,11H2,1H3,(H,22,25). The van der Waals surface area contributed by atoms with Crippen molar-refractivity contribution in [3.8, 4) is 0 Å². The van der Waals surface area contributed by atoms with Crippen LogP contribution in [0.5, 0.6) is 0 Å². The lowest BCUT2D eigenvalue weighted by molar-refractivity contribution is -0.122. The van der Waals surface area contributed by atoms with Gasteiger partial charge in [0.1, 0.15) is 0 Å². The van der Waals surface area contributed by atoms with E-state index in [4.69, 9.17) is 0 Å². The van der Waals surface area contributed by atoms with Gasteiger partial charge in [0, 0.05) is 30.4 Å². The van der Waals surface area contributed by atoms with Gasteiger partial charge in [-0.05, 0) is 36.2 Å². The van der Waals surface area contributed by atoms with Crippen LogP contribution >= 0.6 is 0 Å². The first-order valence-electron chi connectivity index (χ1n) is 8.13. The first kappa shape index (κ1) is 17.1. The van der Waals surface area contributed by atoms with Gasteiger partial charge in [-0.25, -0.2) is 8.78 Å². The summed E-state index contributed by atoms with van der Waals surface area (Å²) in [6, 6.07) is 10.8. The molecule has 1 fully saturated rings. The number of carbonyl (C=O) groups is 2. The summed E-state index contributed by atoms with van der Waals surface area (Å²) in [4.78, 5) is 26.1. The Morgan fingerprint density at radius 3 is 2.52 bits per heavy atom. The Kier molecular flexibility index (Phi) is 4.79. The van der Waals surface area contributed by atoms with Gasteiger partial charge < -0.3 is 10.2 Å². The fourth-order valence-electron chi connectivity index (χ4n) is 2.86. The van der Waals surface area contributed by atoms with E-state index in [1.807, 2.05) is 24.3 Å². The van der Waals surface area contributed by atoms with Crippen LogP contribution in [0.3, 0.4) is 0 Å². The lowest BCUT2D eigenvalue weighted by atomic mass is 10.1. The highest BCUT2D eigenvalue weighted by Crippen LogP contribution is 2.26. The molecule has 3 rings (SSSR count). The van der Waals surface area contributed by atoms with Crippen LogP contribution < -0.4 is 10.2 Å². The van der Waals surface area contributed by atoms with Crippen LogP contribution in [0, 0.1) is 17.6 Å². The zero-order valence-corrected chi connectivity index (χ0v) is 13.8. The Morgan fingerprint density at radius 2 is 1.88 bits per heavy atom. The average Bonchev–Trinajstić information content (AvgIpc) is 3.00. The van der Waals surface area contributed by atoms with E-state index in [1.54, 1.807) is 4.90 Å². The summed E-state index contributed by atoms with van der Waals surface area (Å²) in [5, 5.41) is 2.54. The van der Waals surface area contributed by atoms with Crippen molar-refractivity contribution in [1.82, 2.24) is 0 Å². The van der Waals surface area contributed by atoms with E-state index < -0.39 is 17.6 Å². The minimum absolute atomic E-state index is 0.0883. The molecule has 2 aromatic rings. The molecule has 1 heterocycles. The Balaban J connectivity index is 1.68. The number of rotatable bonds is 4. The molecule has 0 bridgehead atoms. The fourth-order valence-corrected chi connectivity index (χ4v) is 2.86. The molecule has 0 saturated carbocycles. The van der Waals surface area contributed by atoms with Crippen LogP contribution in [-0.2, 0) is 16.0 Å². The number of anilines is 2. The first-order valence-corrected chi connectivity index (χ1v) is 8.13. The Labute approximate surface area is 144 Å². The van der Waals surface area contributed by atoms with Gasteiger partial charge in [0.2, 0.25) is 11.8 Å². The lowest BCUT2D eigenvalue weighted by Crippen LogP contribution is -2.28. The molecule has 0 aromatic heterocycles. The molecule has 25 heavy (non-hydrogen) atoms. The number of nitrogens with zero attached hydrogens (tertiary/aromatic N) is 1. The Morgan fingerprint density at radius 1 is 1.16 bits per heavy atom. The van der Waals surface area contributed by atoms with Gasteiger partial charge in [0.05, 0.1) is 5.92 Å². The summed E-state index contributed by atoms with van der Waals surface area (Å²) in [5.74, 6) is -3.05. The molecule has 6 heteroatoms. The largest absolute Gasteiger partial charge is 0.326 e. The third-order valence-electron chi connectivity index (χ3n) is 4.34. The minimum atomic E-state index is -1.03. The zero-order chi connectivity index (χ0) is 18.0. The molecule has 4 nitrogen and oxygen atoms in total. The monoisotopic (exact) mass is 344 g/mol. The molecule has 1 atom stereocenters. The molecule has 0 spiro atoms. The number of hydrogen-bond donors (Lipinski definition) is 1. The number of amides is 2. The zero-order valence-electron chi connectivity index (χ0n) is 13.8. The van der Waals surface area contributed by atoms with E-state index >= 15 is 0 Å². The number of benzene rings is 2. The van der Waals surface area contributed by atoms with Crippen molar-refractivity contribution in [1.29, 1.82) is 0 Å². The van der Waals surface area contributed by atoms with Crippen molar-refractivity contribution in [2.75, 3.05) is 16.8 Å². The summed E-state index contributed by atoms with van der Waals surface area (Å²) < 4.78 is 26.2. The van der Waals surface area contributed by atoms with E-state index in [1.165, 1.54) is 11.6 Å². The van der Waals surface area contributed by atoms with Crippen molar-refractivity contribution in [3.63, 3.8) is 0 Å². The van der Waals surface area contributed by atoms with Gasteiger partial charge in [-0.15, -0.1) is 0 Å². The fraction of sp³-hybridized carbons (Fsp3) is 0.263. The maximum Gasteiger partial charge on any atom is 0.229 e. The maximum absolute atomic E-state index is 13.2. The van der Waals surface area contributed by atoms with Crippen molar-refractivity contribution < 1.29 is 18.4 Å². The normalized spacial score (nSPS) is 17.0. The van der Waals surface area contributed by atoms with E-state index in [0.29, 0.717) is 0 Å². The van der Waals surface area contributed by atoms with Crippen LogP contribution in [-0.4, -0.2) is 18.4 Å². The second-order valence-electron chi connectivity index (χ2n) is 6.04. The van der Waals surface area contributed by atoms with Crippen molar-refractivity contribution >= 4 is 23.2 Å². The average molecular weight is 344 g/mol. The Hall–Kier alpha value is -2.76. The molecule has 1 saturated heterocycles. The first-order chi connectivity index (χ1) is 12.0. The predicted octanol–water partition coefficient (Wildman–Crippen LogP) is 3.52. The predicted molar refractivity (Wildman–Crippen MR) is 91.3 cm³/mol. The molecule has 1 unspecified atom stereocenters. The van der Waals surface area contributed by atoms with Crippen molar-refractivity contribution in [2.45, 2.75) is 19.8 Å². The molecule has 0 radical (unpaired) electrons. The topological polar surface area (TPSA) is 49.4 Å². The second-order valence-corrected chi connectivity index (χ2v) is 6.04. The summed E-state index contributed by atoms with van der Waals surface area (Å²) in [5.41, 5.74) is 2.09. The van der Waals surface area contributed by atoms with Gasteiger partial charge in [-0.3, -0.25) is 9.59 Å². The van der Waals surface area contributed by atoms with Crippen LogP contribution in [0.15, 0.2) is 42.5 Å². The quantitative estimate of drug-likeness (QED) is 0.923. The number of halogens is 2. The van der Waals surface area contributed by atoms with E-state index in [9.17, 15) is 18.4 Å². The number of carbonyl (C=O) groups excluding carboxylic acids is 2. The number of hydrogen-bond acceptors (Lipinski definition) is 2. The van der Waals surface area contributed by atoms with E-state index in [2.05, 4.69) is 12.2 Å². The number of aryl methyl sites for hydroxylation is 1. The number of nitrogens with one attached hydrogen (secondary N) is 1. The molecular formula is C19H18F2N2O2. The Bertz CT molecular complexity index is 806. The smallest absolute Gasteiger partial charge is 0.229 e. The van der Waals surface area contributed by atoms with Gasteiger partial charge in [-0.1, -0.05) is 19.1 Å². The molecule has 2 aromatic carbocycles.